The van der Waals surface area contributed by atoms with Crippen molar-refractivity contribution < 1.29 is 10.1 Å². The number of hydrogen-bond donors (Lipinski definition) is 1. The van der Waals surface area contributed by atoms with E-state index in [9.17, 15) is 0 Å². The molecule has 11 heavy (non-hydrogen) atoms. The van der Waals surface area contributed by atoms with Gasteiger partial charge in [0.1, 0.15) is 0 Å². The van der Waals surface area contributed by atoms with Gasteiger partial charge >= 0.3 is 0 Å². The second-order valence-electron chi connectivity index (χ2n) is 2.17. The van der Waals surface area contributed by atoms with E-state index >= 15 is 0 Å². The average molecular weight is 217 g/mol. The third-order valence-electron chi connectivity index (χ3n) is 1.42. The molecule has 0 fully saturated rings. The highest BCUT2D eigenvalue weighted by Crippen LogP contribution is 2.15. The predicted molar refractivity (Wildman–Crippen MR) is 46.4 cm³/mol. The zero-order valence-corrected chi connectivity index (χ0v) is 7.54. The van der Waals surface area contributed by atoms with Gasteiger partial charge in [0.05, 0.1) is 6.61 Å². The molecule has 0 saturated carbocycles. The Hall–Kier alpha value is -0.380. The number of halogens is 1. The molecule has 1 rings (SSSR count). The first-order chi connectivity index (χ1) is 5.34. The molecule has 60 valence electrons. The first-order valence-corrected chi connectivity index (χ1v) is 4.13. The number of benzene rings is 1. The van der Waals surface area contributed by atoms with Crippen LogP contribution in [-0.4, -0.2) is 11.9 Å². The lowest BCUT2D eigenvalue weighted by molar-refractivity contribution is -0.241. The Morgan fingerprint density at radius 1 is 1.36 bits per heavy atom. The van der Waals surface area contributed by atoms with Gasteiger partial charge < -0.3 is 0 Å². The summed E-state index contributed by atoms with van der Waals surface area (Å²) in [7, 11) is 0. The van der Waals surface area contributed by atoms with E-state index in [1.165, 1.54) is 0 Å². The molecule has 0 aliphatic carbocycles. The van der Waals surface area contributed by atoms with Gasteiger partial charge in [-0.3, -0.25) is 5.26 Å². The molecule has 0 amide bonds. The SMILES string of the molecule is OOCCc1ccccc1Br. The maximum absolute atomic E-state index is 8.10. The molecule has 0 aliphatic heterocycles. The molecule has 3 heteroatoms. The Kier molecular flexibility index (Phi) is 3.56. The third kappa shape index (κ3) is 2.61. The quantitative estimate of drug-likeness (QED) is 0.622. The maximum Gasteiger partial charge on any atom is 0.0860 e. The van der Waals surface area contributed by atoms with Crippen molar-refractivity contribution in [2.24, 2.45) is 0 Å². The third-order valence-corrected chi connectivity index (χ3v) is 2.19. The zero-order valence-electron chi connectivity index (χ0n) is 5.96. The molecule has 0 unspecified atom stereocenters. The molecule has 0 aromatic heterocycles. The summed E-state index contributed by atoms with van der Waals surface area (Å²) in [6.45, 7) is 0.336. The Bertz CT molecular complexity index is 225. The lowest BCUT2D eigenvalue weighted by Crippen LogP contribution is -1.94. The van der Waals surface area contributed by atoms with Gasteiger partial charge in [0.15, 0.2) is 0 Å². The van der Waals surface area contributed by atoms with Gasteiger partial charge in [-0.2, -0.15) is 0 Å². The number of rotatable bonds is 3. The second-order valence-corrected chi connectivity index (χ2v) is 3.03. The maximum atomic E-state index is 8.10. The van der Waals surface area contributed by atoms with Crippen molar-refractivity contribution in [3.05, 3.63) is 34.3 Å². The Morgan fingerprint density at radius 3 is 2.73 bits per heavy atom. The van der Waals surface area contributed by atoms with Crippen LogP contribution in [0, 0.1) is 0 Å². The Labute approximate surface area is 73.9 Å². The molecule has 0 radical (unpaired) electrons. The summed E-state index contributed by atoms with van der Waals surface area (Å²) in [5, 5.41) is 8.10. The lowest BCUT2D eigenvalue weighted by Gasteiger charge is -2.00. The van der Waals surface area contributed by atoms with Crippen molar-refractivity contribution in [1.29, 1.82) is 0 Å². The van der Waals surface area contributed by atoms with Crippen molar-refractivity contribution >= 4 is 15.9 Å². The minimum Gasteiger partial charge on any atom is -0.252 e. The molecule has 0 atom stereocenters. The van der Waals surface area contributed by atoms with Crippen molar-refractivity contribution in [3.8, 4) is 0 Å². The molecule has 0 spiro atoms. The summed E-state index contributed by atoms with van der Waals surface area (Å²) in [5.74, 6) is 0. The fraction of sp³-hybridized carbons (Fsp3) is 0.250. The van der Waals surface area contributed by atoms with Crippen LogP contribution in [0.25, 0.3) is 0 Å². The van der Waals surface area contributed by atoms with Crippen molar-refractivity contribution in [3.63, 3.8) is 0 Å². The summed E-state index contributed by atoms with van der Waals surface area (Å²) in [4.78, 5) is 3.98. The van der Waals surface area contributed by atoms with E-state index in [0.717, 1.165) is 16.5 Å². The lowest BCUT2D eigenvalue weighted by atomic mass is 10.2. The van der Waals surface area contributed by atoms with Crippen LogP contribution in [0.15, 0.2) is 28.7 Å². The minimum absolute atomic E-state index is 0.336. The molecule has 0 aliphatic rings. The largest absolute Gasteiger partial charge is 0.252 e. The van der Waals surface area contributed by atoms with Crippen LogP contribution in [0.4, 0.5) is 0 Å². The summed E-state index contributed by atoms with van der Waals surface area (Å²) in [5.41, 5.74) is 1.14. The van der Waals surface area contributed by atoms with Gasteiger partial charge in [0.25, 0.3) is 0 Å². The van der Waals surface area contributed by atoms with E-state index in [1.54, 1.807) is 0 Å². The summed E-state index contributed by atoms with van der Waals surface area (Å²) in [6, 6.07) is 7.86. The Balaban J connectivity index is 2.62. The van der Waals surface area contributed by atoms with Crippen LogP contribution < -0.4 is 0 Å². The minimum atomic E-state index is 0.336. The monoisotopic (exact) mass is 216 g/mol. The van der Waals surface area contributed by atoms with Crippen LogP contribution in [0.3, 0.4) is 0 Å². The van der Waals surface area contributed by atoms with Crippen LogP contribution in [-0.2, 0) is 11.3 Å². The van der Waals surface area contributed by atoms with Gasteiger partial charge in [0.2, 0.25) is 0 Å². The van der Waals surface area contributed by atoms with Crippen LogP contribution in [0.2, 0.25) is 0 Å². The molecule has 2 nitrogen and oxygen atoms in total. The Morgan fingerprint density at radius 2 is 2.09 bits per heavy atom. The highest BCUT2D eigenvalue weighted by molar-refractivity contribution is 9.10. The highest BCUT2D eigenvalue weighted by atomic mass is 79.9. The molecule has 1 N–H and O–H groups in total. The first-order valence-electron chi connectivity index (χ1n) is 3.34. The summed E-state index contributed by atoms with van der Waals surface area (Å²) >= 11 is 3.39. The van der Waals surface area contributed by atoms with Gasteiger partial charge in [0, 0.05) is 10.9 Å². The summed E-state index contributed by atoms with van der Waals surface area (Å²) < 4.78 is 1.05. The van der Waals surface area contributed by atoms with Crippen molar-refractivity contribution in [2.45, 2.75) is 6.42 Å². The molecule has 1 aromatic carbocycles. The van der Waals surface area contributed by atoms with E-state index in [4.69, 9.17) is 5.26 Å². The van der Waals surface area contributed by atoms with E-state index in [2.05, 4.69) is 20.8 Å². The normalized spacial score (nSPS) is 10.0. The van der Waals surface area contributed by atoms with Crippen LogP contribution >= 0.6 is 15.9 Å². The average Bonchev–Trinajstić information content (AvgIpc) is 2.03. The van der Waals surface area contributed by atoms with Crippen molar-refractivity contribution in [1.82, 2.24) is 0 Å². The van der Waals surface area contributed by atoms with Crippen LogP contribution in [0.1, 0.15) is 5.56 Å². The van der Waals surface area contributed by atoms with Gasteiger partial charge in [-0.25, -0.2) is 4.89 Å². The first kappa shape index (κ1) is 8.71. The topological polar surface area (TPSA) is 29.5 Å². The molecule has 0 saturated heterocycles. The van der Waals surface area contributed by atoms with Gasteiger partial charge in [-0.05, 0) is 11.6 Å². The fourth-order valence-electron chi connectivity index (χ4n) is 0.857. The van der Waals surface area contributed by atoms with E-state index < -0.39 is 0 Å². The molecular formula is C8H9BrO2. The molecule has 0 heterocycles. The smallest absolute Gasteiger partial charge is 0.0860 e. The van der Waals surface area contributed by atoms with E-state index in [0.29, 0.717) is 6.61 Å². The number of hydrogen-bond acceptors (Lipinski definition) is 2. The molecule has 1 aromatic rings. The fourth-order valence-corrected chi connectivity index (χ4v) is 1.34. The van der Waals surface area contributed by atoms with E-state index in [-0.39, 0.29) is 0 Å². The van der Waals surface area contributed by atoms with Gasteiger partial charge in [-0.15, -0.1) is 0 Å². The molecule has 0 bridgehead atoms. The molecular weight excluding hydrogens is 208 g/mol. The van der Waals surface area contributed by atoms with E-state index in [1.807, 2.05) is 24.3 Å². The van der Waals surface area contributed by atoms with Crippen LogP contribution in [0.5, 0.6) is 0 Å². The van der Waals surface area contributed by atoms with Crippen molar-refractivity contribution in [2.75, 3.05) is 6.61 Å². The second kappa shape index (κ2) is 4.49. The summed E-state index contributed by atoms with van der Waals surface area (Å²) in [6.07, 6.45) is 0.720. The predicted octanol–water partition coefficient (Wildman–Crippen LogP) is 2.48. The highest BCUT2D eigenvalue weighted by Gasteiger charge is 1.96. The standard InChI is InChI=1S/C8H9BrO2/c9-8-4-2-1-3-7(8)5-6-11-10/h1-4,10H,5-6H2. The van der Waals surface area contributed by atoms with Gasteiger partial charge in [-0.1, -0.05) is 34.1 Å². The zero-order chi connectivity index (χ0) is 8.10.